The minimum atomic E-state index is -5.41. The summed E-state index contributed by atoms with van der Waals surface area (Å²) in [4.78, 5) is 98.6. The molecule has 0 radical (unpaired) electrons. The molecule has 2 aliphatic heterocycles. The van der Waals surface area contributed by atoms with Gasteiger partial charge in [0, 0.05) is 0 Å². The summed E-state index contributed by atoms with van der Waals surface area (Å²) in [5, 5.41) is 32.8. The molecule has 0 unspecified atom stereocenters. The van der Waals surface area contributed by atoms with Crippen molar-refractivity contribution in [2.24, 2.45) is 35.9 Å². The fourth-order valence-electron chi connectivity index (χ4n) is 8.88. The number of aryl methyl sites for hydroxylation is 4. The van der Waals surface area contributed by atoms with E-state index in [-0.39, 0.29) is 41.8 Å². The normalized spacial score (nSPS) is 17.1. The number of hydroxylamine groups is 4. The first kappa shape index (κ1) is 66.4. The fraction of sp³-hybridized carbons (Fsp3) is 0.385. The number of thiazole rings is 2. The van der Waals surface area contributed by atoms with Gasteiger partial charge in [0.05, 0.1) is 47.7 Å². The quantitative estimate of drug-likeness (QED) is 0.0134. The molecule has 0 aliphatic carbocycles. The zero-order valence-corrected chi connectivity index (χ0v) is 52.2. The Morgan fingerprint density at radius 3 is 1.33 bits per heavy atom. The predicted molar refractivity (Wildman–Crippen MR) is 318 cm³/mol. The summed E-state index contributed by atoms with van der Waals surface area (Å²) in [5.74, 6) is -7.31. The Balaban J connectivity index is 0.878. The molecule has 2 aliphatic rings. The number of nitrogens with zero attached hydrogens (tertiary/aromatic N) is 10. The molecule has 4 amide bonds. The number of benzene rings is 2. The summed E-state index contributed by atoms with van der Waals surface area (Å²) in [5.41, 5.74) is 20.9. The summed E-state index contributed by atoms with van der Waals surface area (Å²) >= 11 is 14.2. The van der Waals surface area contributed by atoms with E-state index in [0.29, 0.717) is 23.2 Å². The number of oxime groups is 2. The second-order valence-corrected chi connectivity index (χ2v) is 25.3. The number of aliphatic carboxylic acids is 2. The highest BCUT2D eigenvalue weighted by Gasteiger charge is 2.61. The topological polar surface area (TPSA) is 435 Å². The van der Waals surface area contributed by atoms with Crippen molar-refractivity contribution >= 4 is 114 Å². The van der Waals surface area contributed by atoms with Crippen LogP contribution in [-0.4, -0.2) is 157 Å². The van der Waals surface area contributed by atoms with Crippen molar-refractivity contribution in [3.05, 3.63) is 93.4 Å². The van der Waals surface area contributed by atoms with Crippen molar-refractivity contribution in [2.45, 2.75) is 89.0 Å². The maximum atomic E-state index is 14.0. The third-order valence-electron chi connectivity index (χ3n) is 13.8. The summed E-state index contributed by atoms with van der Waals surface area (Å²) in [6.45, 7) is 6.42. The van der Waals surface area contributed by atoms with Crippen LogP contribution in [0.3, 0.4) is 0 Å². The molecule has 0 spiro atoms. The number of halogens is 2. The first-order valence-corrected chi connectivity index (χ1v) is 30.5. The number of carboxylic acids is 2. The highest BCUT2D eigenvalue weighted by atomic mass is 35.5. The first-order valence-electron chi connectivity index (χ1n) is 26.7. The Labute approximate surface area is 525 Å². The maximum absolute atomic E-state index is 14.0. The average Bonchev–Trinajstić information content (AvgIpc) is 1.56. The van der Waals surface area contributed by atoms with Crippen LogP contribution in [0, 0.1) is 0 Å². The van der Waals surface area contributed by atoms with E-state index in [1.165, 1.54) is 27.7 Å². The van der Waals surface area contributed by atoms with E-state index in [4.69, 9.17) is 73.9 Å². The van der Waals surface area contributed by atoms with Crippen LogP contribution in [0.25, 0.3) is 22.3 Å². The lowest BCUT2D eigenvalue weighted by atomic mass is 9.84. The molecular formula is C52H62Cl2N16O16S3+2. The number of aromatic nitrogens is 6. The molecule has 0 bridgehead atoms. The molecule has 4 aromatic heterocycles. The number of nitrogens with two attached hydrogens (primary N) is 4. The highest BCUT2D eigenvalue weighted by molar-refractivity contribution is 7.81. The van der Waals surface area contributed by atoms with Gasteiger partial charge in [0.2, 0.25) is 12.4 Å². The molecule has 2 aromatic carbocycles. The Morgan fingerprint density at radius 2 is 1.02 bits per heavy atom. The van der Waals surface area contributed by atoms with Gasteiger partial charge in [0.1, 0.15) is 56.9 Å². The Morgan fingerprint density at radius 1 is 0.663 bits per heavy atom. The monoisotopic (exact) mass is 1330 g/mol. The second-order valence-electron chi connectivity index (χ2n) is 20.9. The Bertz CT molecular complexity index is 3600. The lowest BCUT2D eigenvalue weighted by molar-refractivity contribution is -0.753. The number of ether oxygens (including phenoxy) is 2. The number of amides is 4. The molecule has 32 nitrogen and oxygen atoms in total. The van der Waals surface area contributed by atoms with Gasteiger partial charge in [-0.3, -0.25) is 19.2 Å². The van der Waals surface area contributed by atoms with Gasteiger partial charge in [0.25, 0.3) is 35.8 Å². The zero-order chi connectivity index (χ0) is 64.9. The van der Waals surface area contributed by atoms with Crippen molar-refractivity contribution in [2.75, 3.05) is 37.8 Å². The molecule has 2 saturated heterocycles. The molecule has 6 heterocycles. The number of anilines is 2. The number of nitrogens with one attached hydrogen (secondary N) is 2. The van der Waals surface area contributed by atoms with Crippen LogP contribution >= 0.6 is 45.9 Å². The van der Waals surface area contributed by atoms with E-state index in [1.54, 1.807) is 48.5 Å². The summed E-state index contributed by atoms with van der Waals surface area (Å²) in [6.07, 6.45) is 5.71. The number of carboxylic acid groups (broad SMARTS) is 2. The summed E-state index contributed by atoms with van der Waals surface area (Å²) in [6, 6.07) is 10.4. The third kappa shape index (κ3) is 15.1. The Hall–Kier alpha value is -8.55. The van der Waals surface area contributed by atoms with E-state index in [0.717, 1.165) is 70.9 Å². The molecule has 6 aromatic rings. The van der Waals surface area contributed by atoms with Gasteiger partial charge >= 0.3 is 22.3 Å². The number of hydrogen-bond donors (Lipinski definition) is 8. The lowest BCUT2D eigenvalue weighted by Crippen LogP contribution is -2.78. The van der Waals surface area contributed by atoms with Gasteiger partial charge in [-0.2, -0.15) is 27.9 Å². The SMILES string of the molecule is C[n+]1cc(-c2ccc(OC[C@H](O/N=C(\C(=O)N[C@@H]3C(=O)N(OS(=O)(=O)ON4C(=O)[C@@H](NC(=O)/C(=N\O[C@@H](COc5ccc(-c6cn(CCCN)[n+](C)c6)cc5)C(=O)O)c5nc(N)sc5Cl)C4(C)C)C3(C)C)c3nc(N)sc3Cl)C(=O)O)cc2)cn1CCCN. The van der Waals surface area contributed by atoms with Gasteiger partial charge in [-0.15, -0.1) is 17.9 Å². The molecule has 37 heteroatoms. The molecule has 2 fully saturated rings. The molecule has 12 N–H and O–H groups in total. The van der Waals surface area contributed by atoms with Crippen molar-refractivity contribution in [3.8, 4) is 33.8 Å². The van der Waals surface area contributed by atoms with E-state index in [9.17, 15) is 47.4 Å². The van der Waals surface area contributed by atoms with Crippen molar-refractivity contribution in [1.82, 2.24) is 40.1 Å². The minimum absolute atomic E-state index is 0.131. The smallest absolute Gasteiger partial charge is 0.442 e. The number of nitrogen functional groups attached to an aromatic ring is 2. The van der Waals surface area contributed by atoms with Crippen LogP contribution in [0.5, 0.6) is 11.5 Å². The van der Waals surface area contributed by atoms with Gasteiger partial charge in [-0.25, -0.2) is 19.6 Å². The van der Waals surface area contributed by atoms with Crippen LogP contribution in [0.4, 0.5) is 10.3 Å². The molecule has 4 atom stereocenters. The van der Waals surface area contributed by atoms with Crippen LogP contribution in [0.15, 0.2) is 83.6 Å². The summed E-state index contributed by atoms with van der Waals surface area (Å²) < 4.78 is 55.9. The molecule has 0 saturated carbocycles. The van der Waals surface area contributed by atoms with Crippen molar-refractivity contribution < 1.29 is 84.5 Å². The van der Waals surface area contributed by atoms with Crippen molar-refractivity contribution in [3.63, 3.8) is 0 Å². The maximum Gasteiger partial charge on any atom is 0.442 e. The van der Waals surface area contributed by atoms with Crippen LogP contribution in [0.1, 0.15) is 51.9 Å². The predicted octanol–water partition coefficient (Wildman–Crippen LogP) is 0.880. The van der Waals surface area contributed by atoms with Gasteiger partial charge in [-0.05, 0) is 89.0 Å². The van der Waals surface area contributed by atoms with E-state index >= 15 is 0 Å². The minimum Gasteiger partial charge on any atom is -0.489 e. The summed E-state index contributed by atoms with van der Waals surface area (Å²) in [7, 11) is -1.61. The van der Waals surface area contributed by atoms with Crippen LogP contribution in [0.2, 0.25) is 8.67 Å². The van der Waals surface area contributed by atoms with E-state index in [1.807, 2.05) is 57.6 Å². The third-order valence-corrected chi connectivity index (χ3v) is 16.6. The standard InChI is InChI=1S/C52H60Cl2N16O16S3/c1-51(2)39(61-43(71)37(35-41(53)87-49(57)59-35)63-83-33(47(75)76)25-81-31-13-9-27(10-14-31)29-21-65(5)67(23-29)19-7-17-55)45(73)69(51)85-89(79,80)86-70-46(74)40(52(70,3)4)62-44(72)38(36-42(54)88-50(58)60-36)64-84-34(48(77)78)26-82-32-15-11-28(12-16-32)30-22-66(6)68(24-30)20-8-18-56/h9-16,21-24,33-34,39-40H,7-8,17-20,25-26,55-56H2,1-6H3,(H6-2,57,58,59,60,61,62,71,72,75,76,77,78)/p+2/b63-37-,64-38-/t33-,34-,39+,40+/m0/s1. The first-order chi connectivity index (χ1) is 42.0. The molecule has 476 valence electrons. The zero-order valence-electron chi connectivity index (χ0n) is 48.3. The number of β-lactam (4-membered cyclic amide) rings is 2. The molecule has 89 heavy (non-hydrogen) atoms. The number of carbonyl (C=O) groups excluding carboxylic acids is 4. The Kier molecular flexibility index (Phi) is 20.5. The van der Waals surface area contributed by atoms with Crippen LogP contribution in [-0.2, 0) is 84.6 Å². The number of carbonyl (C=O) groups is 6. The molecular weight excluding hydrogens is 1270 g/mol. The largest absolute Gasteiger partial charge is 0.489 e. The second kappa shape index (κ2) is 27.5. The van der Waals surface area contributed by atoms with Gasteiger partial charge < -0.3 is 62.9 Å². The number of rotatable bonds is 30. The average molecular weight is 1330 g/mol. The fourth-order valence-corrected chi connectivity index (χ4v) is 11.7. The molecule has 8 rings (SSSR count). The van der Waals surface area contributed by atoms with E-state index in [2.05, 4.69) is 30.9 Å². The number of hydrogen-bond acceptors (Lipinski definition) is 24. The van der Waals surface area contributed by atoms with Gasteiger partial charge in [-0.1, -0.05) is 80.5 Å². The van der Waals surface area contributed by atoms with Crippen LogP contribution < -0.4 is 52.4 Å². The van der Waals surface area contributed by atoms with E-state index < -0.39 is 106 Å². The van der Waals surface area contributed by atoms with Crippen molar-refractivity contribution in [1.29, 1.82) is 0 Å². The van der Waals surface area contributed by atoms with Gasteiger partial charge in [0.15, 0.2) is 35.8 Å². The highest BCUT2D eigenvalue weighted by Crippen LogP contribution is 2.38. The lowest BCUT2D eigenvalue weighted by Gasteiger charge is -2.52.